The average molecular weight is 218 g/mol. The first kappa shape index (κ1) is 10.3. The predicted octanol–water partition coefficient (Wildman–Crippen LogP) is 0.977. The maximum atomic E-state index is 10.7. The van der Waals surface area contributed by atoms with Crippen molar-refractivity contribution in [1.29, 1.82) is 0 Å². The Morgan fingerprint density at radius 3 is 2.69 bits per heavy atom. The highest BCUT2D eigenvalue weighted by Crippen LogP contribution is 2.07. The summed E-state index contributed by atoms with van der Waals surface area (Å²) >= 11 is 0. The molecule has 0 spiro atoms. The molecule has 1 N–H and O–H groups in total. The molecule has 0 saturated carbocycles. The van der Waals surface area contributed by atoms with Gasteiger partial charge >= 0.3 is 5.97 Å². The summed E-state index contributed by atoms with van der Waals surface area (Å²) in [6.07, 6.45) is 2.84. The summed E-state index contributed by atoms with van der Waals surface area (Å²) in [5.74, 6) is 0.201. The van der Waals surface area contributed by atoms with Crippen LogP contribution in [-0.4, -0.2) is 30.6 Å². The Hall–Kier alpha value is -2.24. The molecule has 16 heavy (non-hydrogen) atoms. The molecule has 2 heterocycles. The van der Waals surface area contributed by atoms with E-state index >= 15 is 0 Å². The molecule has 0 saturated heterocycles. The number of hydrogen-bond acceptors (Lipinski definition) is 4. The summed E-state index contributed by atoms with van der Waals surface area (Å²) in [4.78, 5) is 22.8. The summed E-state index contributed by atoms with van der Waals surface area (Å²) in [5, 5.41) is 8.75. The number of carboxylic acids is 1. The van der Waals surface area contributed by atoms with Gasteiger partial charge in [0, 0.05) is 18.0 Å². The van der Waals surface area contributed by atoms with Gasteiger partial charge < -0.3 is 5.11 Å². The van der Waals surface area contributed by atoms with Crippen LogP contribution in [0.1, 0.15) is 22.0 Å². The third-order valence-electron chi connectivity index (χ3n) is 2.02. The van der Waals surface area contributed by atoms with E-state index in [1.807, 2.05) is 6.92 Å². The molecule has 0 fully saturated rings. The molecule has 0 aliphatic rings. The van der Waals surface area contributed by atoms with Gasteiger partial charge in [-0.3, -0.25) is 4.57 Å². The van der Waals surface area contributed by atoms with Gasteiger partial charge in [0.15, 0.2) is 5.69 Å². The zero-order valence-corrected chi connectivity index (χ0v) is 8.88. The van der Waals surface area contributed by atoms with Crippen LogP contribution in [-0.2, 0) is 0 Å². The topological polar surface area (TPSA) is 80.9 Å². The fourth-order valence-electron chi connectivity index (χ4n) is 1.39. The Morgan fingerprint density at radius 1 is 1.38 bits per heavy atom. The van der Waals surface area contributed by atoms with E-state index in [2.05, 4.69) is 15.0 Å². The fourth-order valence-corrected chi connectivity index (χ4v) is 1.39. The lowest BCUT2D eigenvalue weighted by Gasteiger charge is -2.02. The number of aromatic nitrogens is 4. The molecule has 0 aromatic carbocycles. The van der Waals surface area contributed by atoms with Gasteiger partial charge in [0.1, 0.15) is 18.0 Å². The van der Waals surface area contributed by atoms with Crippen LogP contribution in [0.5, 0.6) is 0 Å². The Labute approximate surface area is 91.6 Å². The molecule has 2 aromatic rings. The maximum absolute atomic E-state index is 10.7. The molecule has 2 rings (SSSR count). The summed E-state index contributed by atoms with van der Waals surface area (Å²) in [6.45, 7) is 3.64. The van der Waals surface area contributed by atoms with Crippen molar-refractivity contribution < 1.29 is 9.90 Å². The van der Waals surface area contributed by atoms with Crippen LogP contribution in [0.4, 0.5) is 0 Å². The van der Waals surface area contributed by atoms with Gasteiger partial charge in [-0.25, -0.2) is 19.7 Å². The number of aromatic carboxylic acids is 1. The van der Waals surface area contributed by atoms with Crippen molar-refractivity contribution in [3.05, 3.63) is 35.8 Å². The first-order chi connectivity index (χ1) is 7.56. The lowest BCUT2D eigenvalue weighted by Crippen LogP contribution is -2.00. The fraction of sp³-hybridized carbons (Fsp3) is 0.200. The third kappa shape index (κ3) is 1.90. The van der Waals surface area contributed by atoms with E-state index in [-0.39, 0.29) is 5.69 Å². The number of aryl methyl sites for hydroxylation is 2. The van der Waals surface area contributed by atoms with Crippen molar-refractivity contribution in [2.45, 2.75) is 13.8 Å². The van der Waals surface area contributed by atoms with Crippen LogP contribution < -0.4 is 0 Å². The van der Waals surface area contributed by atoms with E-state index in [0.29, 0.717) is 11.6 Å². The standard InChI is InChI=1S/C10H10N4O2/c1-6-3-9(13-7(2)12-6)14-4-8(10(15)16)11-5-14/h3-5H,1-2H3,(H,15,16). The van der Waals surface area contributed by atoms with E-state index in [1.54, 1.807) is 17.6 Å². The highest BCUT2D eigenvalue weighted by Gasteiger charge is 2.08. The molecule has 82 valence electrons. The zero-order valence-electron chi connectivity index (χ0n) is 8.88. The van der Waals surface area contributed by atoms with E-state index in [4.69, 9.17) is 5.11 Å². The Balaban J connectivity index is 2.46. The van der Waals surface area contributed by atoms with Crippen LogP contribution in [0.15, 0.2) is 18.6 Å². The molecule has 0 radical (unpaired) electrons. The first-order valence-electron chi connectivity index (χ1n) is 4.66. The number of carboxylic acid groups (broad SMARTS) is 1. The van der Waals surface area contributed by atoms with Crippen molar-refractivity contribution in [1.82, 2.24) is 19.5 Å². The molecule has 0 atom stereocenters. The number of nitrogens with zero attached hydrogens (tertiary/aromatic N) is 4. The Kier molecular flexibility index (Phi) is 2.40. The van der Waals surface area contributed by atoms with Crippen molar-refractivity contribution in [3.8, 4) is 5.82 Å². The second kappa shape index (κ2) is 3.73. The highest BCUT2D eigenvalue weighted by atomic mass is 16.4. The zero-order chi connectivity index (χ0) is 11.7. The summed E-state index contributed by atoms with van der Waals surface area (Å²) in [6, 6.07) is 1.76. The predicted molar refractivity (Wildman–Crippen MR) is 55.6 cm³/mol. The average Bonchev–Trinajstić information content (AvgIpc) is 2.64. The van der Waals surface area contributed by atoms with Gasteiger partial charge in [0.25, 0.3) is 0 Å². The molecule has 6 nitrogen and oxygen atoms in total. The molecular formula is C10H10N4O2. The smallest absolute Gasteiger partial charge is 0.356 e. The lowest BCUT2D eigenvalue weighted by molar-refractivity contribution is 0.0691. The minimum Gasteiger partial charge on any atom is -0.476 e. The molecule has 2 aromatic heterocycles. The second-order valence-electron chi connectivity index (χ2n) is 3.39. The molecular weight excluding hydrogens is 208 g/mol. The van der Waals surface area contributed by atoms with Crippen molar-refractivity contribution >= 4 is 5.97 Å². The molecule has 0 aliphatic carbocycles. The normalized spacial score (nSPS) is 10.4. The van der Waals surface area contributed by atoms with Crippen molar-refractivity contribution in [2.75, 3.05) is 0 Å². The molecule has 0 amide bonds. The van der Waals surface area contributed by atoms with E-state index in [0.717, 1.165) is 5.69 Å². The molecule has 0 unspecified atom stereocenters. The van der Waals surface area contributed by atoms with Crippen LogP contribution in [0, 0.1) is 13.8 Å². The van der Waals surface area contributed by atoms with Crippen molar-refractivity contribution in [2.24, 2.45) is 0 Å². The molecule has 0 bridgehead atoms. The molecule has 0 aliphatic heterocycles. The van der Waals surface area contributed by atoms with Crippen LogP contribution in [0.3, 0.4) is 0 Å². The quantitative estimate of drug-likeness (QED) is 0.812. The number of rotatable bonds is 2. The van der Waals surface area contributed by atoms with Crippen molar-refractivity contribution in [3.63, 3.8) is 0 Å². The van der Waals surface area contributed by atoms with E-state index in [9.17, 15) is 4.79 Å². The number of carbonyl (C=O) groups is 1. The SMILES string of the molecule is Cc1cc(-n2cnc(C(=O)O)c2)nc(C)n1. The van der Waals surface area contributed by atoms with Gasteiger partial charge in [0.2, 0.25) is 0 Å². The number of imidazole rings is 1. The summed E-state index contributed by atoms with van der Waals surface area (Å²) in [5.41, 5.74) is 0.821. The van der Waals surface area contributed by atoms with Crippen LogP contribution in [0.2, 0.25) is 0 Å². The number of hydrogen-bond donors (Lipinski definition) is 1. The Bertz CT molecular complexity index is 527. The minimum atomic E-state index is -1.05. The monoisotopic (exact) mass is 218 g/mol. The van der Waals surface area contributed by atoms with Gasteiger partial charge in [0.05, 0.1) is 0 Å². The second-order valence-corrected chi connectivity index (χ2v) is 3.39. The largest absolute Gasteiger partial charge is 0.476 e. The summed E-state index contributed by atoms with van der Waals surface area (Å²) in [7, 11) is 0. The summed E-state index contributed by atoms with van der Waals surface area (Å²) < 4.78 is 1.56. The first-order valence-corrected chi connectivity index (χ1v) is 4.66. The molecule has 6 heteroatoms. The van der Waals surface area contributed by atoms with Gasteiger partial charge in [-0.15, -0.1) is 0 Å². The van der Waals surface area contributed by atoms with E-state index in [1.165, 1.54) is 12.5 Å². The van der Waals surface area contributed by atoms with Crippen LogP contribution >= 0.6 is 0 Å². The van der Waals surface area contributed by atoms with Gasteiger partial charge in [-0.1, -0.05) is 0 Å². The highest BCUT2D eigenvalue weighted by molar-refractivity contribution is 5.85. The van der Waals surface area contributed by atoms with Crippen LogP contribution in [0.25, 0.3) is 5.82 Å². The minimum absolute atomic E-state index is 0.00563. The Morgan fingerprint density at radius 2 is 2.12 bits per heavy atom. The lowest BCUT2D eigenvalue weighted by atomic mass is 10.4. The third-order valence-corrected chi connectivity index (χ3v) is 2.02. The van der Waals surface area contributed by atoms with E-state index < -0.39 is 5.97 Å². The van der Waals surface area contributed by atoms with Gasteiger partial charge in [-0.05, 0) is 13.8 Å². The van der Waals surface area contributed by atoms with Gasteiger partial charge in [-0.2, -0.15) is 0 Å². The maximum Gasteiger partial charge on any atom is 0.356 e.